The topological polar surface area (TPSA) is 43.8 Å². The van der Waals surface area contributed by atoms with Crippen molar-refractivity contribution in [3.05, 3.63) is 35.4 Å². The Morgan fingerprint density at radius 2 is 2.09 bits per heavy atom. The number of hydrogen-bond acceptors (Lipinski definition) is 3. The monoisotopic (exact) mass is 316 g/mol. The van der Waals surface area contributed by atoms with Gasteiger partial charge in [-0.25, -0.2) is 0 Å². The SMILES string of the molecule is Cc1ccccc1CN1CC[C@H]2[C@H](CCC(=O)N2CCCO)C1. The quantitative estimate of drug-likeness (QED) is 0.905. The normalized spacial score (nSPS) is 25.5. The van der Waals surface area contributed by atoms with Crippen molar-refractivity contribution in [3.8, 4) is 0 Å². The highest BCUT2D eigenvalue weighted by Gasteiger charge is 2.38. The van der Waals surface area contributed by atoms with E-state index >= 15 is 0 Å². The molecular weight excluding hydrogens is 288 g/mol. The van der Waals surface area contributed by atoms with Crippen LogP contribution in [0.3, 0.4) is 0 Å². The molecule has 2 saturated heterocycles. The summed E-state index contributed by atoms with van der Waals surface area (Å²) in [6, 6.07) is 9.00. The van der Waals surface area contributed by atoms with Crippen LogP contribution in [0.15, 0.2) is 24.3 Å². The number of rotatable bonds is 5. The fourth-order valence-electron chi connectivity index (χ4n) is 4.13. The third kappa shape index (κ3) is 3.75. The fraction of sp³-hybridized carbons (Fsp3) is 0.632. The van der Waals surface area contributed by atoms with E-state index in [9.17, 15) is 4.79 Å². The summed E-state index contributed by atoms with van der Waals surface area (Å²) in [6.07, 6.45) is 3.45. The molecule has 0 aliphatic carbocycles. The molecule has 4 nitrogen and oxygen atoms in total. The van der Waals surface area contributed by atoms with Gasteiger partial charge >= 0.3 is 0 Å². The lowest BCUT2D eigenvalue weighted by Gasteiger charge is -2.47. The number of aryl methyl sites for hydroxylation is 1. The van der Waals surface area contributed by atoms with E-state index in [0.29, 0.717) is 31.3 Å². The molecule has 2 heterocycles. The average Bonchev–Trinajstić information content (AvgIpc) is 2.56. The Hall–Kier alpha value is -1.39. The molecule has 3 rings (SSSR count). The molecule has 0 spiro atoms. The van der Waals surface area contributed by atoms with E-state index in [1.54, 1.807) is 0 Å². The number of carbonyl (C=O) groups excluding carboxylic acids is 1. The molecule has 23 heavy (non-hydrogen) atoms. The van der Waals surface area contributed by atoms with Gasteiger partial charge in [-0.05, 0) is 43.2 Å². The van der Waals surface area contributed by atoms with Crippen LogP contribution >= 0.6 is 0 Å². The Kier molecular flexibility index (Phi) is 5.34. The molecule has 2 aliphatic heterocycles. The lowest BCUT2D eigenvalue weighted by molar-refractivity contribution is -0.141. The van der Waals surface area contributed by atoms with Crippen LogP contribution < -0.4 is 0 Å². The van der Waals surface area contributed by atoms with Gasteiger partial charge in [-0.3, -0.25) is 9.69 Å². The molecule has 1 N–H and O–H groups in total. The van der Waals surface area contributed by atoms with E-state index in [1.165, 1.54) is 11.1 Å². The molecule has 1 amide bonds. The third-order valence-electron chi connectivity index (χ3n) is 5.44. The number of aliphatic hydroxyl groups is 1. The highest BCUT2D eigenvalue weighted by molar-refractivity contribution is 5.77. The molecule has 126 valence electrons. The number of carbonyl (C=O) groups is 1. The Balaban J connectivity index is 1.62. The standard InChI is InChI=1S/C19H28N2O2/c1-15-5-2-3-6-16(15)13-20-11-9-18-17(14-20)7-8-19(23)21(18)10-4-12-22/h2-3,5-6,17-18,22H,4,7-14H2,1H3/t17-,18+/m1/s1. The molecule has 2 atom stereocenters. The van der Waals surface area contributed by atoms with Crippen molar-refractivity contribution in [2.75, 3.05) is 26.2 Å². The molecule has 4 heteroatoms. The number of benzene rings is 1. The summed E-state index contributed by atoms with van der Waals surface area (Å²) in [5.41, 5.74) is 2.77. The predicted octanol–water partition coefficient (Wildman–Crippen LogP) is 2.19. The Morgan fingerprint density at radius 1 is 1.26 bits per heavy atom. The Bertz CT molecular complexity index is 546. The molecular formula is C19H28N2O2. The summed E-state index contributed by atoms with van der Waals surface area (Å²) >= 11 is 0. The van der Waals surface area contributed by atoms with Crippen molar-refractivity contribution >= 4 is 5.91 Å². The molecule has 0 aromatic heterocycles. The van der Waals surface area contributed by atoms with E-state index < -0.39 is 0 Å². The first-order valence-electron chi connectivity index (χ1n) is 8.86. The smallest absolute Gasteiger partial charge is 0.222 e. The van der Waals surface area contributed by atoms with E-state index in [-0.39, 0.29) is 12.5 Å². The predicted molar refractivity (Wildman–Crippen MR) is 91.0 cm³/mol. The zero-order chi connectivity index (χ0) is 16.2. The molecule has 2 aliphatic rings. The second-order valence-corrected chi connectivity index (χ2v) is 6.98. The number of likely N-dealkylation sites (tertiary alicyclic amines) is 2. The van der Waals surface area contributed by atoms with Crippen LogP contribution in [-0.2, 0) is 11.3 Å². The van der Waals surface area contributed by atoms with Gasteiger partial charge < -0.3 is 10.0 Å². The summed E-state index contributed by atoms with van der Waals surface area (Å²) in [6.45, 7) is 6.22. The molecule has 1 aromatic rings. The fourth-order valence-corrected chi connectivity index (χ4v) is 4.13. The Morgan fingerprint density at radius 3 is 2.87 bits per heavy atom. The van der Waals surface area contributed by atoms with Crippen LogP contribution in [0.2, 0.25) is 0 Å². The van der Waals surface area contributed by atoms with E-state index in [0.717, 1.165) is 32.5 Å². The first-order valence-corrected chi connectivity index (χ1v) is 8.86. The number of piperidine rings is 2. The van der Waals surface area contributed by atoms with Crippen LogP contribution in [0.4, 0.5) is 0 Å². The number of nitrogens with zero attached hydrogens (tertiary/aromatic N) is 2. The molecule has 0 bridgehead atoms. The van der Waals surface area contributed by atoms with Gasteiger partial charge in [0.05, 0.1) is 0 Å². The van der Waals surface area contributed by atoms with Crippen LogP contribution in [0.25, 0.3) is 0 Å². The maximum Gasteiger partial charge on any atom is 0.222 e. The zero-order valence-corrected chi connectivity index (χ0v) is 14.1. The van der Waals surface area contributed by atoms with Gasteiger partial charge in [0.25, 0.3) is 0 Å². The maximum absolute atomic E-state index is 12.2. The lowest BCUT2D eigenvalue weighted by Crippen LogP contribution is -2.56. The van der Waals surface area contributed by atoms with Crippen molar-refractivity contribution in [2.45, 2.75) is 45.2 Å². The van der Waals surface area contributed by atoms with Crippen molar-refractivity contribution in [2.24, 2.45) is 5.92 Å². The van der Waals surface area contributed by atoms with Gasteiger partial charge in [0.1, 0.15) is 0 Å². The molecule has 0 radical (unpaired) electrons. The molecule has 1 aromatic carbocycles. The summed E-state index contributed by atoms with van der Waals surface area (Å²) in [5.74, 6) is 0.871. The summed E-state index contributed by atoms with van der Waals surface area (Å²) < 4.78 is 0. The van der Waals surface area contributed by atoms with Gasteiger partial charge in [-0.15, -0.1) is 0 Å². The van der Waals surface area contributed by atoms with E-state index in [1.807, 2.05) is 0 Å². The second kappa shape index (κ2) is 7.45. The summed E-state index contributed by atoms with van der Waals surface area (Å²) in [5, 5.41) is 9.07. The van der Waals surface area contributed by atoms with Gasteiger partial charge in [0.15, 0.2) is 0 Å². The molecule has 0 saturated carbocycles. The number of aliphatic hydroxyl groups excluding tert-OH is 1. The average molecular weight is 316 g/mol. The second-order valence-electron chi connectivity index (χ2n) is 6.98. The van der Waals surface area contributed by atoms with Gasteiger partial charge in [-0.1, -0.05) is 24.3 Å². The lowest BCUT2D eigenvalue weighted by atomic mass is 9.83. The molecule has 2 fully saturated rings. The maximum atomic E-state index is 12.2. The summed E-state index contributed by atoms with van der Waals surface area (Å²) in [4.78, 5) is 16.8. The van der Waals surface area contributed by atoms with Crippen LogP contribution in [0, 0.1) is 12.8 Å². The summed E-state index contributed by atoms with van der Waals surface area (Å²) in [7, 11) is 0. The van der Waals surface area contributed by atoms with Crippen molar-refractivity contribution < 1.29 is 9.90 Å². The van der Waals surface area contributed by atoms with E-state index in [2.05, 4.69) is 41.0 Å². The highest BCUT2D eigenvalue weighted by atomic mass is 16.3. The minimum atomic E-state index is 0.167. The van der Waals surface area contributed by atoms with Crippen molar-refractivity contribution in [3.63, 3.8) is 0 Å². The van der Waals surface area contributed by atoms with Crippen molar-refractivity contribution in [1.29, 1.82) is 0 Å². The number of amides is 1. The first kappa shape index (κ1) is 16.5. The minimum Gasteiger partial charge on any atom is -0.396 e. The van der Waals surface area contributed by atoms with Gasteiger partial charge in [-0.2, -0.15) is 0 Å². The zero-order valence-electron chi connectivity index (χ0n) is 14.1. The minimum absolute atomic E-state index is 0.167. The van der Waals surface area contributed by atoms with Crippen LogP contribution in [0.5, 0.6) is 0 Å². The van der Waals surface area contributed by atoms with Gasteiger partial charge in [0, 0.05) is 45.2 Å². The van der Waals surface area contributed by atoms with Crippen LogP contribution in [-0.4, -0.2) is 53.1 Å². The van der Waals surface area contributed by atoms with Crippen LogP contribution in [0.1, 0.15) is 36.8 Å². The Labute approximate surface area is 139 Å². The number of fused-ring (bicyclic) bond motifs is 1. The van der Waals surface area contributed by atoms with Gasteiger partial charge in [0.2, 0.25) is 5.91 Å². The number of hydrogen-bond donors (Lipinski definition) is 1. The molecule has 0 unspecified atom stereocenters. The van der Waals surface area contributed by atoms with E-state index in [4.69, 9.17) is 5.11 Å². The van der Waals surface area contributed by atoms with Crippen molar-refractivity contribution in [1.82, 2.24) is 9.80 Å². The largest absolute Gasteiger partial charge is 0.396 e. The highest BCUT2D eigenvalue weighted by Crippen LogP contribution is 2.32. The first-order chi connectivity index (χ1) is 11.2. The third-order valence-corrected chi connectivity index (χ3v) is 5.44.